The van der Waals surface area contributed by atoms with Crippen molar-refractivity contribution < 1.29 is 19.1 Å². The summed E-state index contributed by atoms with van der Waals surface area (Å²) in [5.41, 5.74) is 1.83. The van der Waals surface area contributed by atoms with Crippen LogP contribution in [0.5, 0.6) is 0 Å². The SMILES string of the molecule is C=C(C)[C@H]1CCC#C[C@@H](O)C/C(C)=C/c2cc(C(=O)OC(C)(C)C)c(o2)C1. The molecule has 27 heavy (non-hydrogen) atoms. The quantitative estimate of drug-likeness (QED) is 0.456. The first-order chi connectivity index (χ1) is 12.5. The van der Waals surface area contributed by atoms with Crippen LogP contribution in [0.3, 0.4) is 0 Å². The molecule has 4 heteroatoms. The molecule has 2 atom stereocenters. The highest BCUT2D eigenvalue weighted by atomic mass is 16.6. The third kappa shape index (κ3) is 6.45. The number of carbonyl (C=O) groups is 1. The van der Waals surface area contributed by atoms with Gasteiger partial charge in [0.05, 0.1) is 0 Å². The number of furan rings is 1. The molecule has 1 N–H and O–H groups in total. The summed E-state index contributed by atoms with van der Waals surface area (Å²) in [5.74, 6) is 6.91. The Balaban J connectivity index is 2.45. The number of hydrogen-bond acceptors (Lipinski definition) is 4. The van der Waals surface area contributed by atoms with Crippen molar-refractivity contribution in [2.45, 2.75) is 72.0 Å². The summed E-state index contributed by atoms with van der Waals surface area (Å²) in [6.07, 6.45) is 3.61. The van der Waals surface area contributed by atoms with Crippen molar-refractivity contribution in [3.63, 3.8) is 0 Å². The van der Waals surface area contributed by atoms with Crippen LogP contribution in [-0.2, 0) is 11.2 Å². The Morgan fingerprint density at radius 1 is 1.37 bits per heavy atom. The minimum atomic E-state index is -0.704. The Bertz CT molecular complexity index is 793. The molecule has 0 radical (unpaired) electrons. The number of hydrogen-bond donors (Lipinski definition) is 1. The highest BCUT2D eigenvalue weighted by Gasteiger charge is 2.25. The van der Waals surface area contributed by atoms with Gasteiger partial charge in [0.2, 0.25) is 0 Å². The van der Waals surface area contributed by atoms with Gasteiger partial charge in [0.15, 0.2) is 0 Å². The second kappa shape index (κ2) is 8.63. The number of carbonyl (C=O) groups excluding carboxylic acids is 1. The van der Waals surface area contributed by atoms with Crippen LogP contribution in [0.15, 0.2) is 28.2 Å². The molecule has 0 aliphatic carbocycles. The van der Waals surface area contributed by atoms with Crippen molar-refractivity contribution >= 4 is 12.0 Å². The monoisotopic (exact) mass is 370 g/mol. The number of aliphatic hydroxyl groups is 1. The second-order valence-electron chi connectivity index (χ2n) is 8.31. The zero-order valence-corrected chi connectivity index (χ0v) is 17.0. The van der Waals surface area contributed by atoms with E-state index < -0.39 is 11.7 Å². The van der Waals surface area contributed by atoms with Gasteiger partial charge in [-0.05, 0) is 59.1 Å². The first-order valence-electron chi connectivity index (χ1n) is 9.40. The number of aliphatic hydroxyl groups excluding tert-OH is 1. The van der Waals surface area contributed by atoms with Crippen LogP contribution >= 0.6 is 0 Å². The number of fused-ring (bicyclic) bond motifs is 2. The van der Waals surface area contributed by atoms with Gasteiger partial charge in [-0.25, -0.2) is 4.79 Å². The molecule has 0 saturated carbocycles. The number of esters is 1. The zero-order valence-electron chi connectivity index (χ0n) is 17.0. The summed E-state index contributed by atoms with van der Waals surface area (Å²) in [7, 11) is 0. The molecular formula is C23H30O4. The second-order valence-corrected chi connectivity index (χ2v) is 8.31. The Morgan fingerprint density at radius 2 is 2.07 bits per heavy atom. The van der Waals surface area contributed by atoms with E-state index in [1.807, 2.05) is 40.7 Å². The Hall–Kier alpha value is -2.25. The lowest BCUT2D eigenvalue weighted by Crippen LogP contribution is -2.24. The number of allylic oxidation sites excluding steroid dienone is 1. The van der Waals surface area contributed by atoms with Crippen LogP contribution in [0.2, 0.25) is 0 Å². The van der Waals surface area contributed by atoms with Gasteiger partial charge >= 0.3 is 5.97 Å². The van der Waals surface area contributed by atoms with Crippen molar-refractivity contribution in [3.05, 3.63) is 40.9 Å². The topological polar surface area (TPSA) is 59.7 Å². The van der Waals surface area contributed by atoms with Crippen molar-refractivity contribution in [2.24, 2.45) is 5.92 Å². The van der Waals surface area contributed by atoms with E-state index in [4.69, 9.17) is 9.15 Å². The fourth-order valence-corrected chi connectivity index (χ4v) is 3.02. The molecule has 1 aliphatic heterocycles. The molecule has 4 nitrogen and oxygen atoms in total. The number of ether oxygens (including phenoxy) is 1. The summed E-state index contributed by atoms with van der Waals surface area (Å²) in [6.45, 7) is 13.5. The molecular weight excluding hydrogens is 340 g/mol. The predicted octanol–water partition coefficient (Wildman–Crippen LogP) is 4.92. The molecule has 0 saturated heterocycles. The first-order valence-corrected chi connectivity index (χ1v) is 9.40. The van der Waals surface area contributed by atoms with Gasteiger partial charge in [-0.3, -0.25) is 0 Å². The van der Waals surface area contributed by atoms with Crippen molar-refractivity contribution in [2.75, 3.05) is 0 Å². The lowest BCUT2D eigenvalue weighted by molar-refractivity contribution is 0.00670. The zero-order chi connectivity index (χ0) is 20.2. The van der Waals surface area contributed by atoms with Crippen molar-refractivity contribution in [3.8, 4) is 11.8 Å². The third-order valence-electron chi connectivity index (χ3n) is 4.37. The van der Waals surface area contributed by atoms with Crippen LogP contribution < -0.4 is 0 Å². The molecule has 2 bridgehead atoms. The van der Waals surface area contributed by atoms with Gasteiger partial charge in [0.1, 0.15) is 28.8 Å². The fourth-order valence-electron chi connectivity index (χ4n) is 3.02. The fraction of sp³-hybridized carbons (Fsp3) is 0.522. The standard InChI is InChI=1S/C23H30O4/c1-15(2)17-9-7-8-10-18(24)11-16(3)12-19-14-20(21(13-17)26-19)22(25)27-23(4,5)6/h12,14,17-18,24H,1,7,9,11,13H2,2-6H3/b16-12+/t17-,18+/m0/s1. The summed E-state index contributed by atoms with van der Waals surface area (Å²) in [6, 6.07) is 1.73. The van der Waals surface area contributed by atoms with Crippen LogP contribution in [0.1, 0.15) is 75.8 Å². The average molecular weight is 370 g/mol. The molecule has 146 valence electrons. The Labute approximate surface area is 162 Å². The highest BCUT2D eigenvalue weighted by Crippen LogP contribution is 2.28. The Kier molecular flexibility index (Phi) is 6.73. The molecule has 1 aromatic heterocycles. The van der Waals surface area contributed by atoms with E-state index in [0.717, 1.165) is 17.6 Å². The van der Waals surface area contributed by atoms with Gasteiger partial charge in [-0.1, -0.05) is 23.6 Å². The minimum absolute atomic E-state index is 0.141. The van der Waals surface area contributed by atoms with Gasteiger partial charge < -0.3 is 14.3 Å². The molecule has 0 fully saturated rings. The normalized spacial score (nSPS) is 22.8. The summed E-state index contributed by atoms with van der Waals surface area (Å²) < 4.78 is 11.6. The van der Waals surface area contributed by atoms with E-state index in [0.29, 0.717) is 36.3 Å². The van der Waals surface area contributed by atoms with Gasteiger partial charge in [0.25, 0.3) is 0 Å². The lowest BCUT2D eigenvalue weighted by Gasteiger charge is -2.20. The smallest absolute Gasteiger partial charge is 0.342 e. The molecule has 0 aromatic carbocycles. The van der Waals surface area contributed by atoms with E-state index >= 15 is 0 Å². The molecule has 0 spiro atoms. The van der Waals surface area contributed by atoms with Gasteiger partial charge in [-0.2, -0.15) is 0 Å². The third-order valence-corrected chi connectivity index (χ3v) is 4.37. The minimum Gasteiger partial charge on any atom is -0.461 e. The van der Waals surface area contributed by atoms with E-state index in [2.05, 4.69) is 18.4 Å². The molecule has 0 amide bonds. The molecule has 1 aromatic rings. The first kappa shape index (κ1) is 21.1. The van der Waals surface area contributed by atoms with Crippen molar-refractivity contribution in [1.82, 2.24) is 0 Å². The van der Waals surface area contributed by atoms with Crippen LogP contribution in [-0.4, -0.2) is 22.8 Å². The maximum absolute atomic E-state index is 12.7. The van der Waals surface area contributed by atoms with Gasteiger partial charge in [-0.15, -0.1) is 5.92 Å². The predicted molar refractivity (Wildman–Crippen MR) is 107 cm³/mol. The maximum atomic E-state index is 12.7. The maximum Gasteiger partial charge on any atom is 0.342 e. The van der Waals surface area contributed by atoms with E-state index in [9.17, 15) is 9.90 Å². The van der Waals surface area contributed by atoms with Gasteiger partial charge in [0, 0.05) is 19.3 Å². The average Bonchev–Trinajstić information content (AvgIpc) is 2.90. The van der Waals surface area contributed by atoms with Crippen LogP contribution in [0.4, 0.5) is 0 Å². The highest BCUT2D eigenvalue weighted by molar-refractivity contribution is 5.91. The van der Waals surface area contributed by atoms with Crippen LogP contribution in [0, 0.1) is 17.8 Å². The van der Waals surface area contributed by atoms with Crippen molar-refractivity contribution in [1.29, 1.82) is 0 Å². The summed E-state index contributed by atoms with van der Waals surface area (Å²) in [4.78, 5) is 12.7. The van der Waals surface area contributed by atoms with E-state index in [-0.39, 0.29) is 11.9 Å². The van der Waals surface area contributed by atoms with Crippen LogP contribution in [0.25, 0.3) is 6.08 Å². The van der Waals surface area contributed by atoms with E-state index in [1.165, 1.54) is 0 Å². The molecule has 2 rings (SSSR count). The van der Waals surface area contributed by atoms with E-state index in [1.54, 1.807) is 6.07 Å². The summed E-state index contributed by atoms with van der Waals surface area (Å²) in [5, 5.41) is 10.1. The summed E-state index contributed by atoms with van der Waals surface area (Å²) >= 11 is 0. The number of rotatable bonds is 2. The Morgan fingerprint density at radius 3 is 2.70 bits per heavy atom. The molecule has 0 unspecified atom stereocenters. The molecule has 2 heterocycles. The largest absolute Gasteiger partial charge is 0.461 e. The lowest BCUT2D eigenvalue weighted by atomic mass is 9.91. The molecule has 1 aliphatic rings.